The number of hydrogen-bond acceptors (Lipinski definition) is 3. The standard InChI is InChI=1S/C17H31N3O3S/c1-14(2)10-19(12-16-8-7-9-18(16)5)17(21)13-20(11-15(3)4)24(6,22)23/h7-9,14-15H,10-13H2,1-6H3. The highest BCUT2D eigenvalue weighted by Crippen LogP contribution is 2.11. The first-order chi connectivity index (χ1) is 11.0. The van der Waals surface area contributed by atoms with Crippen LogP contribution in [-0.4, -0.2) is 54.0 Å². The number of aromatic nitrogens is 1. The fraction of sp³-hybridized carbons (Fsp3) is 0.706. The Morgan fingerprint density at radius 1 is 1.17 bits per heavy atom. The third-order valence-corrected chi connectivity index (χ3v) is 4.91. The van der Waals surface area contributed by atoms with E-state index in [-0.39, 0.29) is 18.4 Å². The Balaban J connectivity index is 2.92. The topological polar surface area (TPSA) is 62.6 Å². The Morgan fingerprint density at radius 3 is 2.17 bits per heavy atom. The predicted molar refractivity (Wildman–Crippen MR) is 96.9 cm³/mol. The molecular weight excluding hydrogens is 326 g/mol. The van der Waals surface area contributed by atoms with Crippen LogP contribution in [0.4, 0.5) is 0 Å². The van der Waals surface area contributed by atoms with Gasteiger partial charge in [-0.2, -0.15) is 4.31 Å². The molecular formula is C17H31N3O3S. The van der Waals surface area contributed by atoms with Crippen LogP contribution in [0.25, 0.3) is 0 Å². The largest absolute Gasteiger partial charge is 0.353 e. The maximum Gasteiger partial charge on any atom is 0.238 e. The van der Waals surface area contributed by atoms with E-state index in [2.05, 4.69) is 0 Å². The van der Waals surface area contributed by atoms with E-state index in [1.807, 2.05) is 57.6 Å². The van der Waals surface area contributed by atoms with Crippen LogP contribution in [0.2, 0.25) is 0 Å². The lowest BCUT2D eigenvalue weighted by molar-refractivity contribution is -0.132. The zero-order chi connectivity index (χ0) is 18.5. The predicted octanol–water partition coefficient (Wildman–Crippen LogP) is 1.93. The Labute approximate surface area is 146 Å². The van der Waals surface area contributed by atoms with E-state index >= 15 is 0 Å². The summed E-state index contributed by atoms with van der Waals surface area (Å²) in [4.78, 5) is 14.5. The maximum absolute atomic E-state index is 12.8. The number of rotatable bonds is 9. The van der Waals surface area contributed by atoms with Gasteiger partial charge in [-0.25, -0.2) is 8.42 Å². The summed E-state index contributed by atoms with van der Waals surface area (Å²) in [6, 6.07) is 3.91. The van der Waals surface area contributed by atoms with Crippen molar-refractivity contribution in [2.75, 3.05) is 25.9 Å². The molecule has 0 spiro atoms. The lowest BCUT2D eigenvalue weighted by Gasteiger charge is -2.28. The summed E-state index contributed by atoms with van der Waals surface area (Å²) in [6.07, 6.45) is 3.10. The van der Waals surface area contributed by atoms with Gasteiger partial charge in [0.25, 0.3) is 0 Å². The van der Waals surface area contributed by atoms with Gasteiger partial charge in [-0.15, -0.1) is 0 Å². The average Bonchev–Trinajstić information content (AvgIpc) is 2.80. The first-order valence-corrected chi connectivity index (χ1v) is 10.2. The minimum atomic E-state index is -3.41. The van der Waals surface area contributed by atoms with Crippen molar-refractivity contribution >= 4 is 15.9 Å². The second-order valence-electron chi connectivity index (χ2n) is 7.23. The molecule has 0 unspecified atom stereocenters. The number of sulfonamides is 1. The Hall–Kier alpha value is -1.34. The number of carbonyl (C=O) groups excluding carboxylic acids is 1. The van der Waals surface area contributed by atoms with E-state index in [9.17, 15) is 13.2 Å². The van der Waals surface area contributed by atoms with Crippen LogP contribution in [0.3, 0.4) is 0 Å². The smallest absolute Gasteiger partial charge is 0.238 e. The van der Waals surface area contributed by atoms with Crippen molar-refractivity contribution in [3.05, 3.63) is 24.0 Å². The van der Waals surface area contributed by atoms with E-state index in [1.54, 1.807) is 4.90 Å². The fourth-order valence-corrected chi connectivity index (χ4v) is 3.44. The van der Waals surface area contributed by atoms with Crippen LogP contribution >= 0.6 is 0 Å². The van der Waals surface area contributed by atoms with Gasteiger partial charge in [-0.3, -0.25) is 4.79 Å². The van der Waals surface area contributed by atoms with Gasteiger partial charge in [0.15, 0.2) is 0 Å². The van der Waals surface area contributed by atoms with E-state index in [0.29, 0.717) is 25.6 Å². The number of hydrogen-bond donors (Lipinski definition) is 0. The lowest BCUT2D eigenvalue weighted by Crippen LogP contribution is -2.44. The second kappa shape index (κ2) is 8.67. The summed E-state index contributed by atoms with van der Waals surface area (Å²) in [7, 11) is -1.47. The van der Waals surface area contributed by atoms with E-state index < -0.39 is 10.0 Å². The molecule has 138 valence electrons. The molecule has 0 aliphatic heterocycles. The molecule has 0 aliphatic rings. The molecule has 0 N–H and O–H groups in total. The molecule has 0 radical (unpaired) electrons. The molecule has 1 aromatic rings. The summed E-state index contributed by atoms with van der Waals surface area (Å²) in [6.45, 7) is 9.32. The molecule has 0 aliphatic carbocycles. The average molecular weight is 358 g/mol. The summed E-state index contributed by atoms with van der Waals surface area (Å²) >= 11 is 0. The van der Waals surface area contributed by atoms with E-state index in [4.69, 9.17) is 0 Å². The molecule has 1 heterocycles. The van der Waals surface area contributed by atoms with Crippen molar-refractivity contribution in [1.82, 2.24) is 13.8 Å². The molecule has 1 rings (SSSR count). The van der Waals surface area contributed by atoms with Crippen LogP contribution in [0.5, 0.6) is 0 Å². The Kier molecular flexibility index (Phi) is 7.48. The van der Waals surface area contributed by atoms with Gasteiger partial charge in [0, 0.05) is 32.0 Å². The minimum absolute atomic E-state index is 0.103. The zero-order valence-electron chi connectivity index (χ0n) is 15.7. The summed E-state index contributed by atoms with van der Waals surface area (Å²) in [5.74, 6) is 0.320. The number of aryl methyl sites for hydroxylation is 1. The SMILES string of the molecule is CC(C)CN(Cc1cccn1C)C(=O)CN(CC(C)C)S(C)(=O)=O. The first-order valence-electron chi connectivity index (χ1n) is 8.33. The Morgan fingerprint density at radius 2 is 1.75 bits per heavy atom. The van der Waals surface area contributed by atoms with Crippen molar-refractivity contribution in [3.63, 3.8) is 0 Å². The molecule has 24 heavy (non-hydrogen) atoms. The van der Waals surface area contributed by atoms with Crippen molar-refractivity contribution in [2.24, 2.45) is 18.9 Å². The molecule has 0 saturated heterocycles. The van der Waals surface area contributed by atoms with Crippen LogP contribution in [0, 0.1) is 11.8 Å². The second-order valence-corrected chi connectivity index (χ2v) is 9.21. The van der Waals surface area contributed by atoms with Gasteiger partial charge < -0.3 is 9.47 Å². The van der Waals surface area contributed by atoms with Gasteiger partial charge in [-0.1, -0.05) is 27.7 Å². The molecule has 6 nitrogen and oxygen atoms in total. The fourth-order valence-electron chi connectivity index (χ4n) is 2.53. The molecule has 0 atom stereocenters. The molecule has 1 aromatic heterocycles. The highest BCUT2D eigenvalue weighted by Gasteiger charge is 2.25. The first kappa shape index (κ1) is 20.7. The van der Waals surface area contributed by atoms with E-state index in [0.717, 1.165) is 11.9 Å². The molecule has 0 aromatic carbocycles. The van der Waals surface area contributed by atoms with Crippen LogP contribution in [0.1, 0.15) is 33.4 Å². The number of carbonyl (C=O) groups is 1. The molecule has 0 fully saturated rings. The monoisotopic (exact) mass is 357 g/mol. The van der Waals surface area contributed by atoms with Gasteiger partial charge in [0.1, 0.15) is 0 Å². The van der Waals surface area contributed by atoms with Crippen molar-refractivity contribution in [1.29, 1.82) is 0 Å². The third-order valence-electron chi connectivity index (χ3n) is 3.69. The van der Waals surface area contributed by atoms with Gasteiger partial charge in [-0.05, 0) is 24.0 Å². The van der Waals surface area contributed by atoms with Crippen LogP contribution < -0.4 is 0 Å². The van der Waals surface area contributed by atoms with E-state index in [1.165, 1.54) is 4.31 Å². The normalized spacial score (nSPS) is 12.4. The van der Waals surface area contributed by atoms with Crippen LogP contribution in [-0.2, 0) is 28.4 Å². The number of nitrogens with zero attached hydrogens (tertiary/aromatic N) is 3. The maximum atomic E-state index is 12.8. The highest BCUT2D eigenvalue weighted by atomic mass is 32.2. The van der Waals surface area contributed by atoms with Crippen molar-refractivity contribution in [2.45, 2.75) is 34.2 Å². The zero-order valence-corrected chi connectivity index (χ0v) is 16.5. The molecule has 1 amide bonds. The van der Waals surface area contributed by atoms with Crippen molar-refractivity contribution < 1.29 is 13.2 Å². The summed E-state index contributed by atoms with van der Waals surface area (Å²) in [5, 5.41) is 0. The van der Waals surface area contributed by atoms with Crippen LogP contribution in [0.15, 0.2) is 18.3 Å². The third kappa shape index (κ3) is 6.65. The quantitative estimate of drug-likeness (QED) is 0.678. The molecule has 7 heteroatoms. The summed E-state index contributed by atoms with van der Waals surface area (Å²) < 4.78 is 27.2. The lowest BCUT2D eigenvalue weighted by atomic mass is 10.2. The van der Waals surface area contributed by atoms with Crippen molar-refractivity contribution in [3.8, 4) is 0 Å². The minimum Gasteiger partial charge on any atom is -0.353 e. The highest BCUT2D eigenvalue weighted by molar-refractivity contribution is 7.88. The molecule has 0 saturated carbocycles. The Bertz CT molecular complexity index is 635. The van der Waals surface area contributed by atoms with Gasteiger partial charge in [0.05, 0.1) is 19.3 Å². The van der Waals surface area contributed by atoms with Gasteiger partial charge in [0.2, 0.25) is 15.9 Å². The summed E-state index contributed by atoms with van der Waals surface area (Å²) in [5.41, 5.74) is 1.03. The molecule has 0 bridgehead atoms. The van der Waals surface area contributed by atoms with Gasteiger partial charge >= 0.3 is 0 Å². The number of amides is 1.